The topological polar surface area (TPSA) is 98.7 Å². The van der Waals surface area contributed by atoms with Crippen molar-refractivity contribution in [1.29, 1.82) is 0 Å². The molecule has 2 heterocycles. The molecule has 9 heteroatoms. The van der Waals surface area contributed by atoms with Gasteiger partial charge in [-0.1, -0.05) is 11.8 Å². The maximum absolute atomic E-state index is 11.8. The van der Waals surface area contributed by atoms with Crippen molar-refractivity contribution in [2.75, 3.05) is 16.8 Å². The average molecular weight is 312 g/mol. The summed E-state index contributed by atoms with van der Waals surface area (Å²) in [6.45, 7) is 5.86. The summed E-state index contributed by atoms with van der Waals surface area (Å²) in [6, 6.07) is 0.150. The summed E-state index contributed by atoms with van der Waals surface area (Å²) >= 11 is 2.71. The monoisotopic (exact) mass is 312 g/mol. The molecule has 2 aromatic rings. The summed E-state index contributed by atoms with van der Waals surface area (Å²) in [6.07, 6.45) is 0. The number of hydrogen-bond acceptors (Lipinski definition) is 7. The predicted octanol–water partition coefficient (Wildman–Crippen LogP) is 1.94. The number of thioether (sulfide) groups is 1. The summed E-state index contributed by atoms with van der Waals surface area (Å²) in [5.41, 5.74) is 6.64. The van der Waals surface area contributed by atoms with Gasteiger partial charge in [-0.25, -0.2) is 4.98 Å². The van der Waals surface area contributed by atoms with Crippen molar-refractivity contribution in [3.63, 3.8) is 0 Å². The van der Waals surface area contributed by atoms with Gasteiger partial charge in [-0.15, -0.1) is 21.5 Å². The summed E-state index contributed by atoms with van der Waals surface area (Å²) in [7, 11) is 0. The molecule has 2 aromatic heterocycles. The van der Waals surface area contributed by atoms with Crippen LogP contribution in [-0.4, -0.2) is 31.4 Å². The second-order valence-corrected chi connectivity index (χ2v) is 6.24. The Labute approximate surface area is 125 Å². The van der Waals surface area contributed by atoms with Crippen LogP contribution < -0.4 is 11.1 Å². The minimum atomic E-state index is -0.124. The van der Waals surface area contributed by atoms with Crippen molar-refractivity contribution < 1.29 is 4.79 Å². The lowest BCUT2D eigenvalue weighted by atomic mass is 10.4. The first-order valence-electron chi connectivity index (χ1n) is 6.02. The van der Waals surface area contributed by atoms with Gasteiger partial charge in [0.1, 0.15) is 0 Å². The number of rotatable bonds is 5. The smallest absolute Gasteiger partial charge is 0.236 e. The third kappa shape index (κ3) is 3.48. The Kier molecular flexibility index (Phi) is 4.61. The lowest BCUT2D eigenvalue weighted by Gasteiger charge is -2.10. The number of amides is 1. The van der Waals surface area contributed by atoms with E-state index in [2.05, 4.69) is 20.5 Å². The molecule has 108 valence electrons. The second kappa shape index (κ2) is 6.23. The maximum Gasteiger partial charge on any atom is 0.236 e. The average Bonchev–Trinajstić information content (AvgIpc) is 2.93. The Morgan fingerprint density at radius 1 is 1.55 bits per heavy atom. The number of thiazole rings is 1. The Balaban J connectivity index is 1.93. The molecule has 0 spiro atoms. The molecule has 0 bridgehead atoms. The highest BCUT2D eigenvalue weighted by molar-refractivity contribution is 7.99. The van der Waals surface area contributed by atoms with Gasteiger partial charge in [-0.3, -0.25) is 9.36 Å². The van der Waals surface area contributed by atoms with Crippen molar-refractivity contribution in [1.82, 2.24) is 19.7 Å². The molecule has 7 nitrogen and oxygen atoms in total. The van der Waals surface area contributed by atoms with Crippen LogP contribution in [0.15, 0.2) is 10.5 Å². The largest absolute Gasteiger partial charge is 0.368 e. The van der Waals surface area contributed by atoms with Gasteiger partial charge >= 0.3 is 0 Å². The summed E-state index contributed by atoms with van der Waals surface area (Å²) in [5, 5.41) is 13.7. The molecule has 1 amide bonds. The van der Waals surface area contributed by atoms with Crippen LogP contribution >= 0.6 is 23.1 Å². The third-order valence-corrected chi connectivity index (χ3v) is 4.22. The summed E-state index contributed by atoms with van der Waals surface area (Å²) < 4.78 is 1.80. The van der Waals surface area contributed by atoms with E-state index in [-0.39, 0.29) is 17.7 Å². The molecule has 3 N–H and O–H groups in total. The van der Waals surface area contributed by atoms with Gasteiger partial charge in [0.2, 0.25) is 11.9 Å². The molecule has 0 aliphatic rings. The molecule has 2 rings (SSSR count). The van der Waals surface area contributed by atoms with Gasteiger partial charge in [0.15, 0.2) is 10.3 Å². The number of nitrogens with one attached hydrogen (secondary N) is 1. The highest BCUT2D eigenvalue weighted by atomic mass is 32.2. The van der Waals surface area contributed by atoms with Gasteiger partial charge in [0.25, 0.3) is 0 Å². The number of carbonyl (C=O) groups excluding carboxylic acids is 1. The molecule has 20 heavy (non-hydrogen) atoms. The quantitative estimate of drug-likeness (QED) is 0.819. The zero-order valence-corrected chi connectivity index (χ0v) is 13.1. The third-order valence-electron chi connectivity index (χ3n) is 2.41. The van der Waals surface area contributed by atoms with Gasteiger partial charge in [-0.05, 0) is 20.8 Å². The number of nitrogen functional groups attached to an aromatic ring is 1. The first kappa shape index (κ1) is 14.8. The number of aromatic nitrogens is 4. The Bertz CT molecular complexity index is 606. The van der Waals surface area contributed by atoms with Crippen molar-refractivity contribution in [3.8, 4) is 0 Å². The standard InChI is InChI=1S/C11H16N6OS2/c1-6(2)17-9(12)15-16-11(17)20-5-8(18)14-10-13-7(3)4-19-10/h4,6H,5H2,1-3H3,(H2,12,15)(H,13,14,18). The van der Waals surface area contributed by atoms with E-state index in [1.165, 1.54) is 23.1 Å². The molecular weight excluding hydrogens is 296 g/mol. The molecule has 0 aliphatic carbocycles. The van der Waals surface area contributed by atoms with Crippen molar-refractivity contribution >= 4 is 40.1 Å². The highest BCUT2D eigenvalue weighted by Gasteiger charge is 2.14. The van der Waals surface area contributed by atoms with Crippen LogP contribution in [-0.2, 0) is 4.79 Å². The highest BCUT2D eigenvalue weighted by Crippen LogP contribution is 2.23. The number of hydrogen-bond donors (Lipinski definition) is 2. The lowest BCUT2D eigenvalue weighted by Crippen LogP contribution is -2.15. The molecule has 0 aliphatic heterocycles. The van der Waals surface area contributed by atoms with Crippen LogP contribution in [0, 0.1) is 6.92 Å². The van der Waals surface area contributed by atoms with Crippen LogP contribution in [0.3, 0.4) is 0 Å². The number of nitrogens with two attached hydrogens (primary N) is 1. The van der Waals surface area contributed by atoms with E-state index < -0.39 is 0 Å². The number of carbonyl (C=O) groups is 1. The predicted molar refractivity (Wildman–Crippen MR) is 81.0 cm³/mol. The van der Waals surface area contributed by atoms with Gasteiger partial charge in [0.05, 0.1) is 11.4 Å². The minimum absolute atomic E-state index is 0.124. The molecule has 0 unspecified atom stereocenters. The van der Waals surface area contributed by atoms with Crippen molar-refractivity contribution in [3.05, 3.63) is 11.1 Å². The summed E-state index contributed by atoms with van der Waals surface area (Å²) in [5.74, 6) is 0.475. The van der Waals surface area contributed by atoms with E-state index in [0.717, 1.165) is 5.69 Å². The Morgan fingerprint density at radius 3 is 2.90 bits per heavy atom. The van der Waals surface area contributed by atoms with E-state index >= 15 is 0 Å². The fraction of sp³-hybridized carbons (Fsp3) is 0.455. The van der Waals surface area contributed by atoms with Crippen LogP contribution in [0.25, 0.3) is 0 Å². The maximum atomic E-state index is 11.8. The zero-order chi connectivity index (χ0) is 14.7. The summed E-state index contributed by atoms with van der Waals surface area (Å²) in [4.78, 5) is 16.0. The van der Waals surface area contributed by atoms with Gasteiger partial charge in [-0.2, -0.15) is 0 Å². The number of nitrogens with zero attached hydrogens (tertiary/aromatic N) is 4. The van der Waals surface area contributed by atoms with Crippen LogP contribution in [0.1, 0.15) is 25.6 Å². The van der Waals surface area contributed by atoms with E-state index in [1.54, 1.807) is 4.57 Å². The minimum Gasteiger partial charge on any atom is -0.368 e. The second-order valence-electron chi connectivity index (χ2n) is 4.44. The fourth-order valence-corrected chi connectivity index (χ4v) is 3.15. The normalized spacial score (nSPS) is 11.0. The molecule has 0 saturated heterocycles. The molecular formula is C11H16N6OS2. The van der Waals surface area contributed by atoms with E-state index in [4.69, 9.17) is 5.73 Å². The van der Waals surface area contributed by atoms with Crippen LogP contribution in [0.2, 0.25) is 0 Å². The molecule has 0 aromatic carbocycles. The fourth-order valence-electron chi connectivity index (χ4n) is 1.57. The molecule has 0 atom stereocenters. The van der Waals surface area contributed by atoms with Gasteiger partial charge < -0.3 is 11.1 Å². The SMILES string of the molecule is Cc1csc(NC(=O)CSc2nnc(N)n2C(C)C)n1. The lowest BCUT2D eigenvalue weighted by molar-refractivity contribution is -0.113. The Hall–Kier alpha value is -1.61. The number of anilines is 2. The van der Waals surface area contributed by atoms with E-state index in [9.17, 15) is 4.79 Å². The van der Waals surface area contributed by atoms with Crippen LogP contribution in [0.5, 0.6) is 0 Å². The van der Waals surface area contributed by atoms with E-state index in [1.807, 2.05) is 26.2 Å². The Morgan fingerprint density at radius 2 is 2.30 bits per heavy atom. The van der Waals surface area contributed by atoms with Gasteiger partial charge in [0, 0.05) is 11.4 Å². The molecule has 0 saturated carbocycles. The first-order valence-corrected chi connectivity index (χ1v) is 7.89. The molecule has 0 fully saturated rings. The van der Waals surface area contributed by atoms with Crippen LogP contribution in [0.4, 0.5) is 11.1 Å². The zero-order valence-electron chi connectivity index (χ0n) is 11.5. The van der Waals surface area contributed by atoms with Crippen molar-refractivity contribution in [2.45, 2.75) is 32.0 Å². The molecule has 0 radical (unpaired) electrons. The van der Waals surface area contributed by atoms with Crippen molar-refractivity contribution in [2.24, 2.45) is 0 Å². The van der Waals surface area contributed by atoms with E-state index in [0.29, 0.717) is 16.2 Å². The first-order chi connectivity index (χ1) is 9.47. The number of aryl methyl sites for hydroxylation is 1.